The topological polar surface area (TPSA) is 74.4 Å². The lowest BCUT2D eigenvalue weighted by atomic mass is 10.3. The highest BCUT2D eigenvalue weighted by Gasteiger charge is 1.93. The van der Waals surface area contributed by atoms with E-state index in [9.17, 15) is 0 Å². The number of hydrogen-bond donors (Lipinski definition) is 1. The van der Waals surface area contributed by atoms with Crippen LogP contribution in [0.15, 0.2) is 86.7 Å². The molecule has 6 nitrogen and oxygen atoms in total. The number of aromatic nitrogens is 1. The smallest absolute Gasteiger partial charge is 0.231 e. The van der Waals surface area contributed by atoms with Crippen molar-refractivity contribution in [2.75, 3.05) is 5.43 Å². The summed E-state index contributed by atoms with van der Waals surface area (Å²) < 4.78 is 0. The summed E-state index contributed by atoms with van der Waals surface area (Å²) in [5.74, 6) is 0. The molecule has 0 atom stereocenters. The van der Waals surface area contributed by atoms with Gasteiger partial charge in [-0.2, -0.15) is 10.2 Å². The highest BCUT2D eigenvalue weighted by atomic mass is 32.1. The maximum atomic E-state index is 4.17. The van der Waals surface area contributed by atoms with Crippen molar-refractivity contribution in [3.8, 4) is 0 Å². The number of nitrogens with zero attached hydrogens (tertiary/aromatic N) is 5. The van der Waals surface area contributed by atoms with Crippen molar-refractivity contribution in [1.29, 1.82) is 0 Å². The Morgan fingerprint density at radius 3 is 2.23 bits per heavy atom. The van der Waals surface area contributed by atoms with Crippen LogP contribution >= 0.6 is 11.3 Å². The summed E-state index contributed by atoms with van der Waals surface area (Å²) in [6.45, 7) is 0. The van der Waals surface area contributed by atoms with Crippen LogP contribution in [0.4, 0.5) is 22.2 Å². The molecule has 0 spiro atoms. The van der Waals surface area contributed by atoms with Gasteiger partial charge in [0.25, 0.3) is 0 Å². The van der Waals surface area contributed by atoms with Crippen molar-refractivity contribution >= 4 is 33.5 Å². The largest absolute Gasteiger partial charge is 0.260 e. The van der Waals surface area contributed by atoms with E-state index in [1.807, 2.05) is 60.0 Å². The molecule has 0 saturated carbocycles. The Morgan fingerprint density at radius 1 is 0.818 bits per heavy atom. The first kappa shape index (κ1) is 14.0. The lowest BCUT2D eigenvalue weighted by Gasteiger charge is -1.98. The Balaban J connectivity index is 1.59. The molecule has 1 aromatic heterocycles. The highest BCUT2D eigenvalue weighted by molar-refractivity contribution is 7.13. The summed E-state index contributed by atoms with van der Waals surface area (Å²) in [4.78, 5) is 4.01. The van der Waals surface area contributed by atoms with E-state index in [1.54, 1.807) is 6.20 Å². The molecule has 1 heterocycles. The first-order valence-corrected chi connectivity index (χ1v) is 7.41. The number of anilines is 1. The molecule has 0 saturated heterocycles. The van der Waals surface area contributed by atoms with Gasteiger partial charge in [0.1, 0.15) is 0 Å². The van der Waals surface area contributed by atoms with Gasteiger partial charge in [0.15, 0.2) is 0 Å². The summed E-state index contributed by atoms with van der Waals surface area (Å²) in [5.41, 5.74) is 5.25. The Hall–Kier alpha value is -2.93. The van der Waals surface area contributed by atoms with Gasteiger partial charge in [0.2, 0.25) is 5.13 Å². The molecule has 0 aliphatic carbocycles. The quantitative estimate of drug-likeness (QED) is 0.487. The van der Waals surface area contributed by atoms with Crippen LogP contribution in [0.2, 0.25) is 0 Å². The molecule has 0 fully saturated rings. The molecule has 0 amide bonds. The number of thiazole rings is 1. The molecule has 0 bridgehead atoms. The second-order valence-electron chi connectivity index (χ2n) is 4.21. The Morgan fingerprint density at radius 2 is 1.55 bits per heavy atom. The molecule has 3 rings (SSSR count). The van der Waals surface area contributed by atoms with Crippen LogP contribution in [0.5, 0.6) is 0 Å². The number of rotatable bonds is 5. The zero-order valence-electron chi connectivity index (χ0n) is 11.5. The molecule has 2 aromatic carbocycles. The lowest BCUT2D eigenvalue weighted by Crippen LogP contribution is -1.84. The minimum Gasteiger partial charge on any atom is -0.260 e. The van der Waals surface area contributed by atoms with Crippen molar-refractivity contribution in [2.24, 2.45) is 20.6 Å². The van der Waals surface area contributed by atoms with Gasteiger partial charge >= 0.3 is 0 Å². The van der Waals surface area contributed by atoms with E-state index in [-0.39, 0.29) is 0 Å². The van der Waals surface area contributed by atoms with Crippen LogP contribution in [-0.2, 0) is 0 Å². The van der Waals surface area contributed by atoms with E-state index in [0.29, 0.717) is 5.13 Å². The second-order valence-corrected chi connectivity index (χ2v) is 5.08. The maximum Gasteiger partial charge on any atom is 0.231 e. The average molecular weight is 308 g/mol. The maximum absolute atomic E-state index is 4.17. The van der Waals surface area contributed by atoms with E-state index in [0.717, 1.165) is 17.1 Å². The minimum absolute atomic E-state index is 0.612. The SMILES string of the molecule is c1ccc(N=Nc2ccc(N/N=N\c3nccs3)cc2)cc1. The van der Waals surface area contributed by atoms with E-state index < -0.39 is 0 Å². The van der Waals surface area contributed by atoms with Gasteiger partial charge in [-0.1, -0.05) is 23.4 Å². The number of azo groups is 1. The van der Waals surface area contributed by atoms with E-state index >= 15 is 0 Å². The second kappa shape index (κ2) is 7.19. The molecule has 0 aliphatic heterocycles. The molecule has 0 aliphatic rings. The molecule has 0 radical (unpaired) electrons. The molecule has 0 unspecified atom stereocenters. The third-order valence-corrected chi connectivity index (χ3v) is 3.29. The summed E-state index contributed by atoms with van der Waals surface area (Å²) in [6, 6.07) is 17.0. The average Bonchev–Trinajstić information content (AvgIpc) is 3.08. The molecule has 108 valence electrons. The zero-order valence-corrected chi connectivity index (χ0v) is 12.3. The molecule has 3 aromatic rings. The first-order chi connectivity index (χ1) is 10.9. The van der Waals surface area contributed by atoms with Gasteiger partial charge in [-0.25, -0.2) is 4.98 Å². The third kappa shape index (κ3) is 4.03. The summed E-state index contributed by atoms with van der Waals surface area (Å²) >= 11 is 1.43. The zero-order chi connectivity index (χ0) is 15.0. The Bertz CT molecular complexity index is 750. The molecule has 1 N–H and O–H groups in total. The van der Waals surface area contributed by atoms with Crippen LogP contribution in [0, 0.1) is 0 Å². The minimum atomic E-state index is 0.612. The highest BCUT2D eigenvalue weighted by Crippen LogP contribution is 2.20. The van der Waals surface area contributed by atoms with E-state index in [2.05, 4.69) is 31.0 Å². The predicted octanol–water partition coefficient (Wildman–Crippen LogP) is 5.67. The first-order valence-electron chi connectivity index (χ1n) is 6.53. The van der Waals surface area contributed by atoms with Gasteiger partial charge in [-0.05, 0) is 36.4 Å². The van der Waals surface area contributed by atoms with Crippen LogP contribution < -0.4 is 5.43 Å². The molecule has 22 heavy (non-hydrogen) atoms. The fourth-order valence-electron chi connectivity index (χ4n) is 1.60. The van der Waals surface area contributed by atoms with Crippen LogP contribution in [-0.4, -0.2) is 4.98 Å². The van der Waals surface area contributed by atoms with Crippen molar-refractivity contribution < 1.29 is 0 Å². The standard InChI is InChI=1S/C15H12N6S/c1-2-4-12(5-3-1)17-18-13-6-8-14(9-7-13)19-21-20-15-16-10-11-22-15/h1-11H,(H,16,19,20). The summed E-state index contributed by atoms with van der Waals surface area (Å²) in [6.07, 6.45) is 1.69. The van der Waals surface area contributed by atoms with Crippen molar-refractivity contribution in [2.45, 2.75) is 0 Å². The van der Waals surface area contributed by atoms with Crippen LogP contribution in [0.3, 0.4) is 0 Å². The Kier molecular flexibility index (Phi) is 4.58. The van der Waals surface area contributed by atoms with Crippen LogP contribution in [0.25, 0.3) is 0 Å². The van der Waals surface area contributed by atoms with E-state index in [4.69, 9.17) is 0 Å². The number of nitrogens with one attached hydrogen (secondary N) is 1. The monoisotopic (exact) mass is 308 g/mol. The van der Waals surface area contributed by atoms with Gasteiger partial charge in [0.05, 0.1) is 17.1 Å². The molecular weight excluding hydrogens is 296 g/mol. The number of hydrogen-bond acceptors (Lipinski definition) is 6. The van der Waals surface area contributed by atoms with Crippen molar-refractivity contribution in [3.63, 3.8) is 0 Å². The summed E-state index contributed by atoms with van der Waals surface area (Å²) in [5, 5.41) is 18.6. The van der Waals surface area contributed by atoms with Gasteiger partial charge < -0.3 is 0 Å². The molecular formula is C15H12N6S. The Labute approximate surface area is 131 Å². The normalized spacial score (nSPS) is 11.3. The van der Waals surface area contributed by atoms with Crippen molar-refractivity contribution in [1.82, 2.24) is 4.98 Å². The summed E-state index contributed by atoms with van der Waals surface area (Å²) in [7, 11) is 0. The van der Waals surface area contributed by atoms with Gasteiger partial charge in [0, 0.05) is 11.6 Å². The van der Waals surface area contributed by atoms with Gasteiger partial charge in [-0.3, -0.25) is 5.43 Å². The van der Waals surface area contributed by atoms with Crippen LogP contribution in [0.1, 0.15) is 0 Å². The molecule has 7 heteroatoms. The fourth-order valence-corrected chi connectivity index (χ4v) is 2.06. The third-order valence-electron chi connectivity index (χ3n) is 2.64. The van der Waals surface area contributed by atoms with Gasteiger partial charge in [-0.15, -0.1) is 16.5 Å². The van der Waals surface area contributed by atoms with E-state index in [1.165, 1.54) is 11.3 Å². The predicted molar refractivity (Wildman–Crippen MR) is 87.3 cm³/mol. The number of benzene rings is 2. The lowest BCUT2D eigenvalue weighted by molar-refractivity contribution is 1.11. The fraction of sp³-hybridized carbons (Fsp3) is 0. The van der Waals surface area contributed by atoms with Crippen molar-refractivity contribution in [3.05, 3.63) is 66.2 Å².